The predicted molar refractivity (Wildman–Crippen MR) is 69.9 cm³/mol. The molecule has 0 saturated heterocycles. The predicted octanol–water partition coefficient (Wildman–Crippen LogP) is -0.912. The van der Waals surface area contributed by atoms with E-state index in [1.54, 1.807) is 0 Å². The molecule has 0 aromatic carbocycles. The van der Waals surface area contributed by atoms with E-state index in [0.717, 1.165) is 12.8 Å². The lowest BCUT2D eigenvalue weighted by Gasteiger charge is -2.25. The van der Waals surface area contributed by atoms with Crippen LogP contribution in [0.5, 0.6) is 0 Å². The molecular formula is C10H20N4O4S. The van der Waals surface area contributed by atoms with Crippen molar-refractivity contribution in [2.75, 3.05) is 12.3 Å². The molecule has 9 heteroatoms. The van der Waals surface area contributed by atoms with Gasteiger partial charge in [-0.2, -0.15) is 0 Å². The zero-order chi connectivity index (χ0) is 14.5. The van der Waals surface area contributed by atoms with Crippen molar-refractivity contribution >= 4 is 21.8 Å². The van der Waals surface area contributed by atoms with Gasteiger partial charge >= 0.3 is 0 Å². The summed E-state index contributed by atoms with van der Waals surface area (Å²) < 4.78 is 21.5. The van der Waals surface area contributed by atoms with E-state index in [1.165, 1.54) is 0 Å². The van der Waals surface area contributed by atoms with Gasteiger partial charge < -0.3 is 16.3 Å². The van der Waals surface area contributed by atoms with E-state index in [9.17, 15) is 13.2 Å². The molecule has 0 radical (unpaired) electrons. The number of oxime groups is 1. The number of hydrogen-bond acceptors (Lipinski definition) is 5. The maximum absolute atomic E-state index is 12.1. The summed E-state index contributed by atoms with van der Waals surface area (Å²) >= 11 is 0. The molecule has 110 valence electrons. The molecule has 1 rings (SSSR count). The molecule has 0 heterocycles. The fourth-order valence-electron chi connectivity index (χ4n) is 2.32. The molecule has 1 aliphatic rings. The number of hydrogen-bond donors (Lipinski definition) is 4. The Morgan fingerprint density at radius 3 is 2.42 bits per heavy atom. The molecule has 0 spiro atoms. The minimum Gasteiger partial charge on any atom is -0.409 e. The van der Waals surface area contributed by atoms with Gasteiger partial charge in [-0.15, -0.1) is 0 Å². The van der Waals surface area contributed by atoms with Crippen LogP contribution in [0, 0.1) is 5.41 Å². The normalized spacial score (nSPS) is 19.3. The lowest BCUT2D eigenvalue weighted by molar-refractivity contribution is -0.127. The summed E-state index contributed by atoms with van der Waals surface area (Å²) in [6, 6.07) is 0. The Kier molecular flexibility index (Phi) is 5.12. The standard InChI is InChI=1S/C10H20N4O4S/c11-8(14-16)10(4-1-2-5-10)9(15)13-6-3-7-19(12,17)18/h16H,1-7H2,(H2,11,14)(H,13,15)(H2,12,17,18). The third-order valence-electron chi connectivity index (χ3n) is 3.38. The van der Waals surface area contributed by atoms with Gasteiger partial charge in [0.1, 0.15) is 5.41 Å². The average molecular weight is 292 g/mol. The number of carbonyl (C=O) groups excluding carboxylic acids is 1. The number of rotatable bonds is 6. The quantitative estimate of drug-likeness (QED) is 0.164. The van der Waals surface area contributed by atoms with Crippen molar-refractivity contribution in [3.05, 3.63) is 0 Å². The van der Waals surface area contributed by atoms with Crippen LogP contribution < -0.4 is 16.2 Å². The van der Waals surface area contributed by atoms with Crippen LogP contribution in [0.15, 0.2) is 5.16 Å². The summed E-state index contributed by atoms with van der Waals surface area (Å²) in [5.41, 5.74) is 4.65. The van der Waals surface area contributed by atoms with Crippen molar-refractivity contribution in [3.8, 4) is 0 Å². The van der Waals surface area contributed by atoms with E-state index in [2.05, 4.69) is 10.5 Å². The number of sulfonamides is 1. The van der Waals surface area contributed by atoms with Crippen LogP contribution in [0.1, 0.15) is 32.1 Å². The largest absolute Gasteiger partial charge is 0.409 e. The molecule has 19 heavy (non-hydrogen) atoms. The Bertz CT molecular complexity index is 454. The Hall–Kier alpha value is -1.35. The first-order valence-corrected chi connectivity index (χ1v) is 7.80. The molecule has 0 aromatic rings. The number of nitrogens with zero attached hydrogens (tertiary/aromatic N) is 1. The molecule has 1 amide bonds. The summed E-state index contributed by atoms with van der Waals surface area (Å²) in [5, 5.41) is 19.2. The first-order valence-electron chi connectivity index (χ1n) is 6.08. The van der Waals surface area contributed by atoms with Crippen molar-refractivity contribution < 1.29 is 18.4 Å². The summed E-state index contributed by atoms with van der Waals surface area (Å²) in [6.07, 6.45) is 2.96. The van der Waals surface area contributed by atoms with Gasteiger partial charge in [-0.1, -0.05) is 18.0 Å². The maximum Gasteiger partial charge on any atom is 0.233 e. The van der Waals surface area contributed by atoms with Crippen LogP contribution in [0.3, 0.4) is 0 Å². The van der Waals surface area contributed by atoms with Crippen molar-refractivity contribution in [2.45, 2.75) is 32.1 Å². The second kappa shape index (κ2) is 6.20. The zero-order valence-corrected chi connectivity index (χ0v) is 11.4. The van der Waals surface area contributed by atoms with E-state index in [-0.39, 0.29) is 30.5 Å². The number of carbonyl (C=O) groups is 1. The van der Waals surface area contributed by atoms with Crippen LogP contribution in [-0.2, 0) is 14.8 Å². The Labute approximate surface area is 112 Å². The molecule has 8 nitrogen and oxygen atoms in total. The highest BCUT2D eigenvalue weighted by molar-refractivity contribution is 7.89. The molecular weight excluding hydrogens is 272 g/mol. The molecule has 0 bridgehead atoms. The maximum atomic E-state index is 12.1. The van der Waals surface area contributed by atoms with Gasteiger partial charge in [0.2, 0.25) is 15.9 Å². The number of amides is 1. The summed E-state index contributed by atoms with van der Waals surface area (Å²) in [4.78, 5) is 12.1. The van der Waals surface area contributed by atoms with Gasteiger partial charge in [-0.25, -0.2) is 13.6 Å². The Balaban J connectivity index is 2.55. The van der Waals surface area contributed by atoms with Gasteiger partial charge in [-0.05, 0) is 19.3 Å². The third-order valence-corrected chi connectivity index (χ3v) is 4.24. The van der Waals surface area contributed by atoms with Crippen molar-refractivity contribution in [1.82, 2.24) is 5.32 Å². The van der Waals surface area contributed by atoms with E-state index in [4.69, 9.17) is 16.1 Å². The van der Waals surface area contributed by atoms with Crippen LogP contribution >= 0.6 is 0 Å². The molecule has 1 saturated carbocycles. The Morgan fingerprint density at radius 1 is 1.37 bits per heavy atom. The van der Waals surface area contributed by atoms with Crippen molar-refractivity contribution in [3.63, 3.8) is 0 Å². The second-order valence-corrected chi connectivity index (χ2v) is 6.48. The number of amidine groups is 1. The molecule has 0 aliphatic heterocycles. The van der Waals surface area contributed by atoms with Crippen LogP contribution in [0.4, 0.5) is 0 Å². The SMILES string of the molecule is NC(=NO)C1(C(=O)NCCCS(N)(=O)=O)CCCC1. The van der Waals surface area contributed by atoms with Crippen molar-refractivity contribution in [2.24, 2.45) is 21.4 Å². The zero-order valence-electron chi connectivity index (χ0n) is 10.6. The van der Waals surface area contributed by atoms with Gasteiger partial charge in [0.15, 0.2) is 5.84 Å². The van der Waals surface area contributed by atoms with E-state index in [0.29, 0.717) is 12.8 Å². The van der Waals surface area contributed by atoms with Gasteiger partial charge in [-0.3, -0.25) is 4.79 Å². The summed E-state index contributed by atoms with van der Waals surface area (Å²) in [5.74, 6) is -0.604. The number of nitrogens with one attached hydrogen (secondary N) is 1. The first-order chi connectivity index (χ1) is 8.82. The van der Waals surface area contributed by atoms with Crippen LogP contribution in [0.25, 0.3) is 0 Å². The highest BCUT2D eigenvalue weighted by Crippen LogP contribution is 2.38. The third kappa shape index (κ3) is 4.06. The van der Waals surface area contributed by atoms with Crippen molar-refractivity contribution in [1.29, 1.82) is 0 Å². The number of nitrogens with two attached hydrogens (primary N) is 2. The van der Waals surface area contributed by atoms with Gasteiger partial charge in [0.05, 0.1) is 5.75 Å². The smallest absolute Gasteiger partial charge is 0.233 e. The van der Waals surface area contributed by atoms with Crippen LogP contribution in [0.2, 0.25) is 0 Å². The first kappa shape index (κ1) is 15.7. The Morgan fingerprint density at radius 2 is 1.95 bits per heavy atom. The summed E-state index contributed by atoms with van der Waals surface area (Å²) in [7, 11) is -3.52. The van der Waals surface area contributed by atoms with E-state index in [1.807, 2.05) is 0 Å². The molecule has 0 atom stereocenters. The van der Waals surface area contributed by atoms with Crippen LogP contribution in [-0.4, -0.2) is 37.7 Å². The molecule has 0 aromatic heterocycles. The van der Waals surface area contributed by atoms with Gasteiger partial charge in [0, 0.05) is 6.54 Å². The number of primary sulfonamides is 1. The van der Waals surface area contributed by atoms with E-state index < -0.39 is 15.4 Å². The lowest BCUT2D eigenvalue weighted by atomic mass is 9.84. The monoisotopic (exact) mass is 292 g/mol. The topological polar surface area (TPSA) is 148 Å². The lowest BCUT2D eigenvalue weighted by Crippen LogP contribution is -2.48. The summed E-state index contributed by atoms with van der Waals surface area (Å²) in [6.45, 7) is 0.190. The molecule has 0 unspecified atom stereocenters. The molecule has 1 fully saturated rings. The minimum atomic E-state index is -3.52. The van der Waals surface area contributed by atoms with Gasteiger partial charge in [0.25, 0.3) is 0 Å². The molecule has 6 N–H and O–H groups in total. The minimum absolute atomic E-state index is 0.0889. The van der Waals surface area contributed by atoms with E-state index >= 15 is 0 Å². The highest BCUT2D eigenvalue weighted by atomic mass is 32.2. The fraction of sp³-hybridized carbons (Fsp3) is 0.800. The highest BCUT2D eigenvalue weighted by Gasteiger charge is 2.45. The average Bonchev–Trinajstić information content (AvgIpc) is 2.82. The fourth-order valence-corrected chi connectivity index (χ4v) is 2.86. The second-order valence-electron chi connectivity index (χ2n) is 4.75. The molecule has 1 aliphatic carbocycles.